The fraction of sp³-hybridized carbons (Fsp3) is 0.533. The van der Waals surface area contributed by atoms with E-state index in [1.54, 1.807) is 0 Å². The first-order valence-electron chi connectivity index (χ1n) is 6.57. The normalized spacial score (nSPS) is 20.7. The molecule has 1 aromatic carbocycles. The van der Waals surface area contributed by atoms with Gasteiger partial charge < -0.3 is 10.1 Å². The van der Waals surface area contributed by atoms with Crippen molar-refractivity contribution >= 4 is 5.91 Å². The molecule has 1 amide bonds. The van der Waals surface area contributed by atoms with Gasteiger partial charge in [0.15, 0.2) is 0 Å². The van der Waals surface area contributed by atoms with E-state index in [2.05, 4.69) is 37.4 Å². The highest BCUT2D eigenvalue weighted by Crippen LogP contribution is 2.20. The van der Waals surface area contributed by atoms with Gasteiger partial charge in [0.25, 0.3) is 0 Å². The number of hydrogen-bond acceptors (Lipinski definition) is 2. The zero-order valence-electron chi connectivity index (χ0n) is 11.3. The predicted molar refractivity (Wildman–Crippen MR) is 71.4 cm³/mol. The summed E-state index contributed by atoms with van der Waals surface area (Å²) in [6.45, 7) is 6.87. The number of rotatable bonds is 3. The number of benzene rings is 1. The molecule has 1 aliphatic heterocycles. The van der Waals surface area contributed by atoms with Gasteiger partial charge in [-0.15, -0.1) is 0 Å². The minimum Gasteiger partial charge on any atom is -0.368 e. The van der Waals surface area contributed by atoms with E-state index in [0.717, 1.165) is 12.8 Å². The minimum absolute atomic E-state index is 0.0147. The lowest BCUT2D eigenvalue weighted by molar-refractivity contribution is -0.130. The summed E-state index contributed by atoms with van der Waals surface area (Å²) in [6, 6.07) is 6.35. The first-order chi connectivity index (χ1) is 8.58. The molecule has 1 fully saturated rings. The summed E-state index contributed by atoms with van der Waals surface area (Å²) in [6.07, 6.45) is 1.57. The van der Waals surface area contributed by atoms with Crippen LogP contribution in [0.4, 0.5) is 0 Å². The molecule has 0 radical (unpaired) electrons. The molecule has 0 unspecified atom stereocenters. The number of carbonyl (C=O) groups is 1. The highest BCUT2D eigenvalue weighted by atomic mass is 16.5. The van der Waals surface area contributed by atoms with Crippen LogP contribution in [-0.4, -0.2) is 18.6 Å². The molecule has 1 N–H and O–H groups in total. The Bertz CT molecular complexity index is 436. The Labute approximate surface area is 109 Å². The number of ether oxygens (including phenoxy) is 1. The van der Waals surface area contributed by atoms with Crippen LogP contribution in [0.25, 0.3) is 0 Å². The molecule has 0 spiro atoms. The summed E-state index contributed by atoms with van der Waals surface area (Å²) in [4.78, 5) is 12.0. The first kappa shape index (κ1) is 13.1. The van der Waals surface area contributed by atoms with Crippen LogP contribution in [0, 0.1) is 13.8 Å². The molecule has 18 heavy (non-hydrogen) atoms. The van der Waals surface area contributed by atoms with Crippen LogP contribution in [-0.2, 0) is 9.53 Å². The van der Waals surface area contributed by atoms with Crippen molar-refractivity contribution in [2.45, 2.75) is 45.8 Å². The molecule has 0 aromatic heterocycles. The summed E-state index contributed by atoms with van der Waals surface area (Å²) < 4.78 is 5.39. The fourth-order valence-corrected chi connectivity index (χ4v) is 2.39. The highest BCUT2D eigenvalue weighted by molar-refractivity contribution is 5.81. The van der Waals surface area contributed by atoms with E-state index in [0.29, 0.717) is 6.61 Å². The average molecular weight is 247 g/mol. The van der Waals surface area contributed by atoms with Gasteiger partial charge in [-0.1, -0.05) is 23.8 Å². The second-order valence-electron chi connectivity index (χ2n) is 5.09. The molecule has 2 rings (SSSR count). The van der Waals surface area contributed by atoms with Gasteiger partial charge in [0.2, 0.25) is 5.91 Å². The van der Waals surface area contributed by atoms with Gasteiger partial charge in [0.05, 0.1) is 6.04 Å². The third-order valence-corrected chi connectivity index (χ3v) is 3.48. The number of nitrogens with one attached hydrogen (secondary N) is 1. The summed E-state index contributed by atoms with van der Waals surface area (Å²) in [5.41, 5.74) is 3.61. The Morgan fingerprint density at radius 1 is 1.44 bits per heavy atom. The van der Waals surface area contributed by atoms with E-state index in [9.17, 15) is 4.79 Å². The molecule has 2 atom stereocenters. The number of carbonyl (C=O) groups excluding carboxylic acids is 1. The Morgan fingerprint density at radius 2 is 2.22 bits per heavy atom. The minimum atomic E-state index is -0.252. The van der Waals surface area contributed by atoms with Crippen molar-refractivity contribution < 1.29 is 9.53 Å². The fourth-order valence-electron chi connectivity index (χ4n) is 2.39. The molecule has 0 bridgehead atoms. The van der Waals surface area contributed by atoms with Crippen LogP contribution >= 0.6 is 0 Å². The van der Waals surface area contributed by atoms with Crippen molar-refractivity contribution in [3.63, 3.8) is 0 Å². The molecular formula is C15H21NO2. The lowest BCUT2D eigenvalue weighted by Crippen LogP contribution is -2.36. The molecule has 3 heteroatoms. The lowest BCUT2D eigenvalue weighted by atomic mass is 10.00. The molecule has 98 valence electrons. The van der Waals surface area contributed by atoms with Crippen molar-refractivity contribution in [1.82, 2.24) is 5.32 Å². The van der Waals surface area contributed by atoms with Crippen LogP contribution in [0.3, 0.4) is 0 Å². The van der Waals surface area contributed by atoms with Crippen molar-refractivity contribution in [3.05, 3.63) is 34.9 Å². The predicted octanol–water partition coefficient (Wildman–Crippen LogP) is 2.66. The third kappa shape index (κ3) is 2.91. The van der Waals surface area contributed by atoms with Gasteiger partial charge in [0.1, 0.15) is 6.10 Å². The summed E-state index contributed by atoms with van der Waals surface area (Å²) >= 11 is 0. The molecule has 1 aliphatic rings. The Balaban J connectivity index is 2.04. The SMILES string of the molecule is Cc1ccc(C)c([C@@H](C)NC(=O)[C@H]2CCCO2)c1. The van der Waals surface area contributed by atoms with E-state index in [1.165, 1.54) is 16.7 Å². The van der Waals surface area contributed by atoms with Gasteiger partial charge in [-0.05, 0) is 44.7 Å². The van der Waals surface area contributed by atoms with Gasteiger partial charge in [-0.2, -0.15) is 0 Å². The van der Waals surface area contributed by atoms with Crippen LogP contribution in [0.5, 0.6) is 0 Å². The lowest BCUT2D eigenvalue weighted by Gasteiger charge is -2.19. The Kier molecular flexibility index (Phi) is 4.02. The third-order valence-electron chi connectivity index (χ3n) is 3.48. The maximum Gasteiger partial charge on any atom is 0.249 e. The Morgan fingerprint density at radius 3 is 2.89 bits per heavy atom. The average Bonchev–Trinajstić information content (AvgIpc) is 2.85. The first-order valence-corrected chi connectivity index (χ1v) is 6.57. The molecule has 1 aromatic rings. The van der Waals surface area contributed by atoms with Crippen molar-refractivity contribution in [2.75, 3.05) is 6.61 Å². The zero-order chi connectivity index (χ0) is 13.1. The van der Waals surface area contributed by atoms with Gasteiger partial charge in [-0.3, -0.25) is 4.79 Å². The van der Waals surface area contributed by atoms with Crippen LogP contribution < -0.4 is 5.32 Å². The van der Waals surface area contributed by atoms with E-state index < -0.39 is 0 Å². The molecule has 1 heterocycles. The van der Waals surface area contributed by atoms with E-state index >= 15 is 0 Å². The summed E-state index contributed by atoms with van der Waals surface area (Å²) in [5.74, 6) is 0.0147. The van der Waals surface area contributed by atoms with Crippen molar-refractivity contribution in [2.24, 2.45) is 0 Å². The maximum atomic E-state index is 12.0. The van der Waals surface area contributed by atoms with E-state index in [1.807, 2.05) is 6.92 Å². The van der Waals surface area contributed by atoms with Crippen molar-refractivity contribution in [1.29, 1.82) is 0 Å². The molecule has 0 aliphatic carbocycles. The Hall–Kier alpha value is -1.35. The van der Waals surface area contributed by atoms with Crippen LogP contribution in [0.15, 0.2) is 18.2 Å². The molecule has 0 saturated carbocycles. The largest absolute Gasteiger partial charge is 0.368 e. The topological polar surface area (TPSA) is 38.3 Å². The smallest absolute Gasteiger partial charge is 0.249 e. The van der Waals surface area contributed by atoms with Crippen LogP contribution in [0.2, 0.25) is 0 Å². The zero-order valence-corrected chi connectivity index (χ0v) is 11.3. The second-order valence-corrected chi connectivity index (χ2v) is 5.09. The maximum absolute atomic E-state index is 12.0. The van der Waals surface area contributed by atoms with Gasteiger partial charge >= 0.3 is 0 Å². The number of aryl methyl sites for hydroxylation is 2. The molecule has 3 nitrogen and oxygen atoms in total. The summed E-state index contributed by atoms with van der Waals surface area (Å²) in [7, 11) is 0. The monoisotopic (exact) mass is 247 g/mol. The van der Waals surface area contributed by atoms with Crippen molar-refractivity contribution in [3.8, 4) is 0 Å². The van der Waals surface area contributed by atoms with Gasteiger partial charge in [-0.25, -0.2) is 0 Å². The highest BCUT2D eigenvalue weighted by Gasteiger charge is 2.25. The number of hydrogen-bond donors (Lipinski definition) is 1. The van der Waals surface area contributed by atoms with E-state index in [4.69, 9.17) is 4.74 Å². The molecule has 1 saturated heterocycles. The quantitative estimate of drug-likeness (QED) is 0.891. The van der Waals surface area contributed by atoms with Gasteiger partial charge in [0, 0.05) is 6.61 Å². The van der Waals surface area contributed by atoms with Crippen LogP contribution in [0.1, 0.15) is 42.5 Å². The van der Waals surface area contributed by atoms with E-state index in [-0.39, 0.29) is 18.1 Å². The standard InChI is InChI=1S/C15H21NO2/c1-10-6-7-11(2)13(9-10)12(3)16-15(17)14-5-4-8-18-14/h6-7,9,12,14H,4-5,8H2,1-3H3,(H,16,17)/t12-,14-/m1/s1. The summed E-state index contributed by atoms with van der Waals surface area (Å²) in [5, 5.41) is 3.04. The number of amides is 1. The second kappa shape index (κ2) is 5.53. The molecular weight excluding hydrogens is 226 g/mol.